The van der Waals surface area contributed by atoms with E-state index in [0.717, 1.165) is 44.0 Å². The molecule has 26 heavy (non-hydrogen) atoms. The Hall–Kier alpha value is -1.62. The summed E-state index contributed by atoms with van der Waals surface area (Å²) in [6.07, 6.45) is 9.39. The van der Waals surface area contributed by atoms with Crippen LogP contribution in [0.1, 0.15) is 64.0 Å². The molecule has 4 rings (SSSR count). The third kappa shape index (κ3) is 2.25. The van der Waals surface area contributed by atoms with Crippen LogP contribution >= 0.6 is 0 Å². The first kappa shape index (κ1) is 17.8. The standard InChI is InChI=1S/C21H28O5/c1-19-7-4-8-20(2,18(23)24-3)16(19)5-9-21(13-22)17(19)11-15(26-21)14-6-10-25-12-14/h6,10,12-13,15-17H,4-5,7-9,11H2,1-3H3/t15-,16+,17-,19+,20+,21+/m1/s1. The third-order valence-corrected chi connectivity index (χ3v) is 7.76. The highest BCUT2D eigenvalue weighted by molar-refractivity contribution is 5.77. The van der Waals surface area contributed by atoms with Crippen LogP contribution in [-0.2, 0) is 19.1 Å². The number of hydrogen-bond acceptors (Lipinski definition) is 5. The van der Waals surface area contributed by atoms with Crippen LogP contribution in [0.4, 0.5) is 0 Å². The molecule has 1 aromatic rings. The molecule has 5 nitrogen and oxygen atoms in total. The maximum atomic E-state index is 12.6. The van der Waals surface area contributed by atoms with Gasteiger partial charge in [-0.15, -0.1) is 0 Å². The molecule has 0 aromatic carbocycles. The van der Waals surface area contributed by atoms with Gasteiger partial charge in [0.05, 0.1) is 31.2 Å². The molecule has 1 aliphatic heterocycles. The average Bonchev–Trinajstić information content (AvgIpc) is 3.29. The normalized spacial score (nSPS) is 44.8. The predicted molar refractivity (Wildman–Crippen MR) is 94.2 cm³/mol. The van der Waals surface area contributed by atoms with Crippen molar-refractivity contribution in [2.75, 3.05) is 7.11 Å². The molecule has 142 valence electrons. The van der Waals surface area contributed by atoms with Gasteiger partial charge in [0.2, 0.25) is 0 Å². The fourth-order valence-corrected chi connectivity index (χ4v) is 6.53. The summed E-state index contributed by atoms with van der Waals surface area (Å²) in [4.78, 5) is 24.8. The van der Waals surface area contributed by atoms with Gasteiger partial charge in [0, 0.05) is 11.5 Å². The lowest BCUT2D eigenvalue weighted by atomic mass is 9.45. The number of carbonyl (C=O) groups excluding carboxylic acids is 2. The van der Waals surface area contributed by atoms with E-state index in [0.29, 0.717) is 6.42 Å². The quantitative estimate of drug-likeness (QED) is 0.600. The minimum absolute atomic E-state index is 0.107. The topological polar surface area (TPSA) is 65.7 Å². The molecule has 3 aliphatic rings. The molecule has 2 aliphatic carbocycles. The van der Waals surface area contributed by atoms with Crippen molar-refractivity contribution in [2.24, 2.45) is 22.7 Å². The summed E-state index contributed by atoms with van der Waals surface area (Å²) in [6, 6.07) is 1.92. The number of furan rings is 1. The number of fused-ring (bicyclic) bond motifs is 3. The molecule has 0 amide bonds. The summed E-state index contributed by atoms with van der Waals surface area (Å²) in [7, 11) is 1.48. The number of methoxy groups -OCH3 is 1. The number of carbonyl (C=O) groups is 2. The minimum Gasteiger partial charge on any atom is -0.472 e. The van der Waals surface area contributed by atoms with Crippen LogP contribution in [0.2, 0.25) is 0 Å². The van der Waals surface area contributed by atoms with Crippen molar-refractivity contribution in [3.63, 3.8) is 0 Å². The Labute approximate surface area is 154 Å². The first-order valence-electron chi connectivity index (χ1n) is 9.64. The summed E-state index contributed by atoms with van der Waals surface area (Å²) in [5.41, 5.74) is -0.349. The molecule has 3 fully saturated rings. The zero-order valence-electron chi connectivity index (χ0n) is 15.8. The zero-order chi connectivity index (χ0) is 18.6. The second-order valence-corrected chi connectivity index (χ2v) is 8.88. The Kier molecular flexibility index (Phi) is 4.07. The van der Waals surface area contributed by atoms with Gasteiger partial charge in [-0.3, -0.25) is 4.79 Å². The van der Waals surface area contributed by atoms with Crippen molar-refractivity contribution in [3.05, 3.63) is 24.2 Å². The molecule has 0 unspecified atom stereocenters. The van der Waals surface area contributed by atoms with Crippen LogP contribution in [0.3, 0.4) is 0 Å². The van der Waals surface area contributed by atoms with Gasteiger partial charge in [0.15, 0.2) is 6.29 Å². The van der Waals surface area contributed by atoms with Gasteiger partial charge in [0.25, 0.3) is 0 Å². The monoisotopic (exact) mass is 360 g/mol. The zero-order valence-corrected chi connectivity index (χ0v) is 15.8. The molecular weight excluding hydrogens is 332 g/mol. The highest BCUT2D eigenvalue weighted by Crippen LogP contribution is 2.67. The minimum atomic E-state index is -0.748. The lowest BCUT2D eigenvalue weighted by Gasteiger charge is -2.59. The third-order valence-electron chi connectivity index (χ3n) is 7.76. The van der Waals surface area contributed by atoms with E-state index in [1.54, 1.807) is 12.5 Å². The molecule has 5 heteroatoms. The number of ether oxygens (including phenoxy) is 2. The maximum Gasteiger partial charge on any atom is 0.311 e. The molecule has 0 bridgehead atoms. The van der Waals surface area contributed by atoms with Gasteiger partial charge < -0.3 is 18.7 Å². The molecule has 2 saturated carbocycles. The van der Waals surface area contributed by atoms with Crippen molar-refractivity contribution < 1.29 is 23.5 Å². The summed E-state index contributed by atoms with van der Waals surface area (Å²) >= 11 is 0. The van der Waals surface area contributed by atoms with Gasteiger partial charge in [-0.1, -0.05) is 13.3 Å². The summed E-state index contributed by atoms with van der Waals surface area (Å²) < 4.78 is 16.8. The Balaban J connectivity index is 1.72. The lowest BCUT2D eigenvalue weighted by molar-refractivity contribution is -0.186. The van der Waals surface area contributed by atoms with Gasteiger partial charge in [-0.05, 0) is 56.4 Å². The van der Waals surface area contributed by atoms with Crippen LogP contribution in [0.5, 0.6) is 0 Å². The number of hydrogen-bond donors (Lipinski definition) is 0. The highest BCUT2D eigenvalue weighted by Gasteiger charge is 2.66. The van der Waals surface area contributed by atoms with Crippen molar-refractivity contribution in [1.29, 1.82) is 0 Å². The summed E-state index contributed by atoms with van der Waals surface area (Å²) in [5.74, 6) is 0.203. The number of rotatable bonds is 3. The van der Waals surface area contributed by atoms with Crippen molar-refractivity contribution in [2.45, 2.75) is 64.1 Å². The first-order chi connectivity index (χ1) is 12.4. The predicted octanol–water partition coefficient (Wildman–Crippen LogP) is 4.07. The van der Waals surface area contributed by atoms with Gasteiger partial charge in [-0.2, -0.15) is 0 Å². The lowest BCUT2D eigenvalue weighted by Crippen LogP contribution is -2.59. The van der Waals surface area contributed by atoms with Gasteiger partial charge in [0.1, 0.15) is 5.60 Å². The molecule has 2 heterocycles. The SMILES string of the molecule is COC(=O)[C@@]1(C)CCC[C@]2(C)[C@H]3C[C@H](c4ccoc4)O[C@]3(C=O)CC[C@@H]21. The van der Waals surface area contributed by atoms with E-state index < -0.39 is 11.0 Å². The second-order valence-electron chi connectivity index (χ2n) is 8.88. The van der Waals surface area contributed by atoms with Crippen LogP contribution in [0, 0.1) is 22.7 Å². The largest absolute Gasteiger partial charge is 0.472 e. The van der Waals surface area contributed by atoms with E-state index in [1.807, 2.05) is 6.07 Å². The summed E-state index contributed by atoms with van der Waals surface area (Å²) in [5, 5.41) is 0. The number of aldehydes is 1. The van der Waals surface area contributed by atoms with Crippen molar-refractivity contribution >= 4 is 12.3 Å². The van der Waals surface area contributed by atoms with Crippen LogP contribution in [0.15, 0.2) is 23.0 Å². The molecule has 0 spiro atoms. The van der Waals surface area contributed by atoms with E-state index in [9.17, 15) is 9.59 Å². The summed E-state index contributed by atoms with van der Waals surface area (Å²) in [6.45, 7) is 4.32. The van der Waals surface area contributed by atoms with E-state index in [1.165, 1.54) is 7.11 Å². The van der Waals surface area contributed by atoms with Crippen molar-refractivity contribution in [3.8, 4) is 0 Å². The van der Waals surface area contributed by atoms with Crippen molar-refractivity contribution in [1.82, 2.24) is 0 Å². The molecule has 6 atom stereocenters. The fraction of sp³-hybridized carbons (Fsp3) is 0.714. The van der Waals surface area contributed by atoms with Crippen LogP contribution in [-0.4, -0.2) is 25.0 Å². The molecule has 1 saturated heterocycles. The van der Waals surface area contributed by atoms with Crippen LogP contribution < -0.4 is 0 Å². The molecule has 1 aromatic heterocycles. The van der Waals surface area contributed by atoms with E-state index in [2.05, 4.69) is 13.8 Å². The Morgan fingerprint density at radius 1 is 1.27 bits per heavy atom. The van der Waals surface area contributed by atoms with E-state index in [-0.39, 0.29) is 29.3 Å². The Morgan fingerprint density at radius 3 is 2.73 bits per heavy atom. The smallest absolute Gasteiger partial charge is 0.311 e. The fourth-order valence-electron chi connectivity index (χ4n) is 6.53. The van der Waals surface area contributed by atoms with Gasteiger partial charge in [-0.25, -0.2) is 0 Å². The molecular formula is C21H28O5. The van der Waals surface area contributed by atoms with E-state index in [4.69, 9.17) is 13.9 Å². The second kappa shape index (κ2) is 5.95. The average molecular weight is 360 g/mol. The van der Waals surface area contributed by atoms with E-state index >= 15 is 0 Å². The Bertz CT molecular complexity index is 697. The van der Waals surface area contributed by atoms with Crippen LogP contribution in [0.25, 0.3) is 0 Å². The molecule has 0 radical (unpaired) electrons. The molecule has 0 N–H and O–H groups in total. The van der Waals surface area contributed by atoms with Gasteiger partial charge >= 0.3 is 5.97 Å². The highest BCUT2D eigenvalue weighted by atomic mass is 16.5. The Morgan fingerprint density at radius 2 is 2.08 bits per heavy atom. The maximum absolute atomic E-state index is 12.6. The first-order valence-corrected chi connectivity index (χ1v) is 9.64. The number of esters is 1.